The highest BCUT2D eigenvalue weighted by atomic mass is 28.3. The third-order valence-electron chi connectivity index (χ3n) is 12.5. The summed E-state index contributed by atoms with van der Waals surface area (Å²) in [5.41, 5.74) is 9.19. The van der Waals surface area contributed by atoms with E-state index in [9.17, 15) is 5.26 Å². The van der Waals surface area contributed by atoms with Gasteiger partial charge in [-0.2, -0.15) is 5.26 Å². The predicted molar refractivity (Wildman–Crippen MR) is 251 cm³/mol. The molecule has 0 fully saturated rings. The minimum absolute atomic E-state index is 0.662. The Morgan fingerprint density at radius 1 is 0.350 bits per heavy atom. The first-order valence-corrected chi connectivity index (χ1v) is 22.3. The van der Waals surface area contributed by atoms with Crippen LogP contribution in [-0.4, -0.2) is 17.2 Å². The molecule has 0 bridgehead atoms. The van der Waals surface area contributed by atoms with Crippen LogP contribution in [0.3, 0.4) is 0 Å². The molecule has 280 valence electrons. The fourth-order valence-corrected chi connectivity index (χ4v) is 14.6. The van der Waals surface area contributed by atoms with Crippen molar-refractivity contribution >= 4 is 94.4 Å². The van der Waals surface area contributed by atoms with Gasteiger partial charge >= 0.3 is 0 Å². The lowest BCUT2D eigenvalue weighted by Crippen LogP contribution is -2.74. The van der Waals surface area contributed by atoms with Crippen LogP contribution in [0.1, 0.15) is 5.56 Å². The summed E-state index contributed by atoms with van der Waals surface area (Å²) in [7, 11) is -2.87. The van der Waals surface area contributed by atoms with Crippen LogP contribution in [0.4, 0.5) is 0 Å². The Balaban J connectivity index is 1.06. The molecule has 0 saturated carbocycles. The lowest BCUT2D eigenvalue weighted by molar-refractivity contribution is 0.669. The van der Waals surface area contributed by atoms with E-state index in [1.54, 1.807) is 0 Å². The SMILES string of the molecule is N#Cc1ccc2c(c1)c1ccccc1n2-c1ccc([Si](c2ccccc2)(c2ccccc2)c2ccc(-n3c4ccccc4c4cc5oc6ccccc6c5cc43)cc2)cc1. The first-order chi connectivity index (χ1) is 29.7. The summed E-state index contributed by atoms with van der Waals surface area (Å²) in [5, 5.41) is 21.8. The molecular weight excluding hydrogens is 747 g/mol. The van der Waals surface area contributed by atoms with E-state index >= 15 is 0 Å². The van der Waals surface area contributed by atoms with E-state index in [0.29, 0.717) is 5.56 Å². The van der Waals surface area contributed by atoms with Crippen molar-refractivity contribution in [1.82, 2.24) is 9.13 Å². The molecule has 60 heavy (non-hydrogen) atoms. The van der Waals surface area contributed by atoms with Crippen molar-refractivity contribution in [2.45, 2.75) is 0 Å². The third kappa shape index (κ3) is 4.95. The van der Waals surface area contributed by atoms with Gasteiger partial charge in [0, 0.05) is 43.7 Å². The molecule has 3 aromatic heterocycles. The zero-order valence-electron chi connectivity index (χ0n) is 32.5. The zero-order chi connectivity index (χ0) is 39.8. The van der Waals surface area contributed by atoms with E-state index in [1.165, 1.54) is 31.5 Å². The molecule has 0 aliphatic carbocycles. The van der Waals surface area contributed by atoms with E-state index < -0.39 is 8.07 Å². The van der Waals surface area contributed by atoms with Crippen LogP contribution in [0.15, 0.2) is 217 Å². The van der Waals surface area contributed by atoms with Crippen molar-refractivity contribution in [2.24, 2.45) is 0 Å². The Hall–Kier alpha value is -7.91. The number of aromatic nitrogens is 2. The number of nitrogens with zero attached hydrogens (tertiary/aromatic N) is 3. The molecule has 5 heteroatoms. The second-order valence-electron chi connectivity index (χ2n) is 15.6. The molecule has 0 saturated heterocycles. The Kier molecular flexibility index (Phi) is 7.58. The Labute approximate surface area is 347 Å². The first-order valence-electron chi connectivity index (χ1n) is 20.3. The number of furan rings is 1. The van der Waals surface area contributed by atoms with Gasteiger partial charge in [0.1, 0.15) is 11.2 Å². The molecule has 0 N–H and O–H groups in total. The van der Waals surface area contributed by atoms with E-state index in [4.69, 9.17) is 4.42 Å². The summed E-state index contributed by atoms with van der Waals surface area (Å²) in [5.74, 6) is 0. The van der Waals surface area contributed by atoms with Crippen LogP contribution in [-0.2, 0) is 0 Å². The number of benzene rings is 9. The highest BCUT2D eigenvalue weighted by Gasteiger charge is 2.41. The van der Waals surface area contributed by atoms with Gasteiger partial charge in [0.25, 0.3) is 0 Å². The van der Waals surface area contributed by atoms with Gasteiger partial charge in [-0.25, -0.2) is 0 Å². The number of fused-ring (bicyclic) bond motifs is 9. The summed E-state index contributed by atoms with van der Waals surface area (Å²) in [6.07, 6.45) is 0. The smallest absolute Gasteiger partial charge is 0.179 e. The number of para-hydroxylation sites is 3. The summed E-state index contributed by atoms with van der Waals surface area (Å²) in [4.78, 5) is 0. The highest BCUT2D eigenvalue weighted by Crippen LogP contribution is 2.38. The molecular formula is C55H35N3OSi. The molecule has 0 unspecified atom stereocenters. The summed E-state index contributed by atoms with van der Waals surface area (Å²) in [6.45, 7) is 0. The lowest BCUT2D eigenvalue weighted by Gasteiger charge is -2.34. The van der Waals surface area contributed by atoms with Crippen molar-refractivity contribution in [3.63, 3.8) is 0 Å². The van der Waals surface area contributed by atoms with Crippen molar-refractivity contribution in [3.8, 4) is 17.4 Å². The highest BCUT2D eigenvalue weighted by molar-refractivity contribution is 7.19. The zero-order valence-corrected chi connectivity index (χ0v) is 33.5. The number of hydrogen-bond acceptors (Lipinski definition) is 2. The summed E-state index contributed by atoms with van der Waals surface area (Å²) in [6, 6.07) is 79.1. The van der Waals surface area contributed by atoms with E-state index in [-0.39, 0.29) is 0 Å². The van der Waals surface area contributed by atoms with Gasteiger partial charge in [0.2, 0.25) is 0 Å². The fourth-order valence-electron chi connectivity index (χ4n) is 9.88. The minimum atomic E-state index is -2.87. The normalized spacial score (nSPS) is 12.0. The third-order valence-corrected chi connectivity index (χ3v) is 17.3. The van der Waals surface area contributed by atoms with Crippen LogP contribution >= 0.6 is 0 Å². The van der Waals surface area contributed by atoms with E-state index in [2.05, 4.69) is 203 Å². The molecule has 0 aliphatic rings. The topological polar surface area (TPSA) is 46.8 Å². The molecule has 0 atom stereocenters. The molecule has 0 amide bonds. The molecule has 12 aromatic rings. The van der Waals surface area contributed by atoms with Gasteiger partial charge in [-0.3, -0.25) is 0 Å². The Morgan fingerprint density at radius 2 is 0.817 bits per heavy atom. The lowest BCUT2D eigenvalue weighted by atomic mass is 10.1. The van der Waals surface area contributed by atoms with Crippen LogP contribution in [0.25, 0.3) is 76.9 Å². The summed E-state index contributed by atoms with van der Waals surface area (Å²) >= 11 is 0. The van der Waals surface area contributed by atoms with Gasteiger partial charge in [-0.15, -0.1) is 0 Å². The fraction of sp³-hybridized carbons (Fsp3) is 0. The molecule has 12 rings (SSSR count). The molecule has 0 spiro atoms. The van der Waals surface area contributed by atoms with Crippen molar-refractivity contribution in [1.29, 1.82) is 5.26 Å². The number of nitriles is 1. The van der Waals surface area contributed by atoms with Crippen LogP contribution in [0.2, 0.25) is 0 Å². The maximum absolute atomic E-state index is 9.73. The van der Waals surface area contributed by atoms with Crippen LogP contribution in [0, 0.1) is 11.3 Å². The average molecular weight is 782 g/mol. The van der Waals surface area contributed by atoms with Gasteiger partial charge in [-0.1, -0.05) is 140 Å². The molecule has 0 aliphatic heterocycles. The summed E-state index contributed by atoms with van der Waals surface area (Å²) < 4.78 is 11.1. The first kappa shape index (κ1) is 34.2. The second-order valence-corrected chi connectivity index (χ2v) is 19.4. The standard InChI is InChI=1S/C55H35N3OSi/c56-36-37-23-32-52-47(33-37)44-17-7-10-20-50(44)57(52)38-24-28-42(29-25-38)60(40-13-3-1-4-14-40,41-15-5-2-6-16-41)43-30-26-39(27-31-43)58-51-21-11-8-18-45(51)48-35-55-49(34-53(48)58)46-19-9-12-22-54(46)59-55/h1-35H. The molecule has 3 heterocycles. The van der Waals surface area contributed by atoms with Gasteiger partial charge in [0.15, 0.2) is 8.07 Å². The van der Waals surface area contributed by atoms with Gasteiger partial charge < -0.3 is 13.6 Å². The minimum Gasteiger partial charge on any atom is -0.456 e. The van der Waals surface area contributed by atoms with Crippen LogP contribution < -0.4 is 20.7 Å². The maximum atomic E-state index is 9.73. The quantitative estimate of drug-likeness (QED) is 0.125. The molecule has 0 radical (unpaired) electrons. The number of hydrogen-bond donors (Lipinski definition) is 0. The molecule has 9 aromatic carbocycles. The van der Waals surface area contributed by atoms with E-state index in [0.717, 1.165) is 66.2 Å². The van der Waals surface area contributed by atoms with Gasteiger partial charge in [-0.05, 0) is 93.5 Å². The Morgan fingerprint density at radius 3 is 1.40 bits per heavy atom. The van der Waals surface area contributed by atoms with Crippen molar-refractivity contribution in [2.75, 3.05) is 0 Å². The monoisotopic (exact) mass is 781 g/mol. The van der Waals surface area contributed by atoms with E-state index in [1.807, 2.05) is 24.3 Å². The van der Waals surface area contributed by atoms with Gasteiger partial charge in [0.05, 0.1) is 33.7 Å². The maximum Gasteiger partial charge on any atom is 0.179 e. The van der Waals surface area contributed by atoms with Crippen LogP contribution in [0.5, 0.6) is 0 Å². The second kappa shape index (κ2) is 13.3. The number of rotatable bonds is 6. The van der Waals surface area contributed by atoms with Crippen molar-refractivity contribution < 1.29 is 4.42 Å². The average Bonchev–Trinajstić information content (AvgIpc) is 3.96. The Bertz CT molecular complexity index is 3610. The molecule has 4 nitrogen and oxygen atoms in total. The van der Waals surface area contributed by atoms with Crippen molar-refractivity contribution in [3.05, 3.63) is 218 Å². The predicted octanol–water partition coefficient (Wildman–Crippen LogP) is 11.0. The largest absolute Gasteiger partial charge is 0.456 e.